The topological polar surface area (TPSA) is 49.7 Å². The average molecular weight is 234 g/mol. The maximum absolute atomic E-state index is 9.68. The molecule has 0 spiro atoms. The van der Waals surface area contributed by atoms with Crippen LogP contribution in [0.1, 0.15) is 27.7 Å². The fraction of sp³-hybridized carbons (Fsp3) is 1.00. The highest BCUT2D eigenvalue weighted by atomic mass is 28.4. The van der Waals surface area contributed by atoms with Gasteiger partial charge in [0.05, 0.1) is 12.7 Å². The molecule has 2 N–H and O–H groups in total. The molecule has 0 heterocycles. The van der Waals surface area contributed by atoms with Gasteiger partial charge in [-0.1, -0.05) is 27.7 Å². The van der Waals surface area contributed by atoms with Crippen LogP contribution in [0.15, 0.2) is 0 Å². The Bertz CT molecular complexity index is 187. The molecule has 0 aliphatic heterocycles. The predicted octanol–water partition coefficient (Wildman–Crippen LogP) is 2.00. The SMILES string of the molecule is C[C@H](CO)[C@H](O)CO[Si](C)(C)C(C)(C)C. The van der Waals surface area contributed by atoms with Gasteiger partial charge in [0.2, 0.25) is 0 Å². The number of hydrogen-bond acceptors (Lipinski definition) is 3. The van der Waals surface area contributed by atoms with Gasteiger partial charge in [-0.3, -0.25) is 0 Å². The molecule has 0 aromatic carbocycles. The van der Waals surface area contributed by atoms with Crippen molar-refractivity contribution in [3.05, 3.63) is 0 Å². The number of aliphatic hydroxyl groups excluding tert-OH is 2. The van der Waals surface area contributed by atoms with Crippen molar-refractivity contribution in [2.24, 2.45) is 5.92 Å². The number of hydrogen-bond donors (Lipinski definition) is 2. The van der Waals surface area contributed by atoms with Crippen LogP contribution in [-0.2, 0) is 4.43 Å². The molecule has 2 atom stereocenters. The molecule has 0 rings (SSSR count). The summed E-state index contributed by atoms with van der Waals surface area (Å²) in [6, 6.07) is 0. The lowest BCUT2D eigenvalue weighted by atomic mass is 10.1. The van der Waals surface area contributed by atoms with Crippen LogP contribution in [0.25, 0.3) is 0 Å². The first-order chi connectivity index (χ1) is 6.62. The van der Waals surface area contributed by atoms with E-state index in [0.717, 1.165) is 0 Å². The van der Waals surface area contributed by atoms with Crippen LogP contribution >= 0.6 is 0 Å². The molecule has 0 amide bonds. The van der Waals surface area contributed by atoms with Crippen molar-refractivity contribution in [1.82, 2.24) is 0 Å². The highest BCUT2D eigenvalue weighted by Gasteiger charge is 2.37. The summed E-state index contributed by atoms with van der Waals surface area (Å²) in [5, 5.41) is 18.7. The lowest BCUT2D eigenvalue weighted by Crippen LogP contribution is -2.43. The van der Waals surface area contributed by atoms with Crippen LogP contribution < -0.4 is 0 Å². The van der Waals surface area contributed by atoms with Crippen molar-refractivity contribution < 1.29 is 14.6 Å². The van der Waals surface area contributed by atoms with E-state index < -0.39 is 14.4 Å². The highest BCUT2D eigenvalue weighted by molar-refractivity contribution is 6.74. The second-order valence-corrected chi connectivity index (χ2v) is 10.6. The molecule has 0 unspecified atom stereocenters. The predicted molar refractivity (Wildman–Crippen MR) is 65.4 cm³/mol. The zero-order valence-corrected chi connectivity index (χ0v) is 11.9. The van der Waals surface area contributed by atoms with E-state index in [1.807, 2.05) is 6.92 Å². The minimum absolute atomic E-state index is 0.00201. The van der Waals surface area contributed by atoms with E-state index in [9.17, 15) is 5.11 Å². The van der Waals surface area contributed by atoms with Crippen LogP contribution in [0.2, 0.25) is 18.1 Å². The maximum atomic E-state index is 9.68. The van der Waals surface area contributed by atoms with Crippen molar-refractivity contribution in [3.63, 3.8) is 0 Å². The van der Waals surface area contributed by atoms with E-state index in [0.29, 0.717) is 6.61 Å². The lowest BCUT2D eigenvalue weighted by molar-refractivity contribution is 0.0341. The Balaban J connectivity index is 4.16. The monoisotopic (exact) mass is 234 g/mol. The van der Waals surface area contributed by atoms with Gasteiger partial charge in [-0.2, -0.15) is 0 Å². The van der Waals surface area contributed by atoms with Crippen molar-refractivity contribution in [2.75, 3.05) is 13.2 Å². The third-order valence-electron chi connectivity index (χ3n) is 3.37. The van der Waals surface area contributed by atoms with E-state index in [1.165, 1.54) is 0 Å². The molecule has 0 saturated heterocycles. The minimum Gasteiger partial charge on any atom is -0.414 e. The molecule has 0 bridgehead atoms. The Morgan fingerprint density at radius 2 is 1.73 bits per heavy atom. The van der Waals surface area contributed by atoms with E-state index in [-0.39, 0.29) is 17.6 Å². The molecule has 0 aromatic rings. The summed E-state index contributed by atoms with van der Waals surface area (Å²) in [5.41, 5.74) is 0. The van der Waals surface area contributed by atoms with Gasteiger partial charge in [0.15, 0.2) is 8.32 Å². The fourth-order valence-electron chi connectivity index (χ4n) is 0.796. The molecule has 0 saturated carbocycles. The first-order valence-corrected chi connectivity index (χ1v) is 8.45. The molecule has 0 aliphatic carbocycles. The Morgan fingerprint density at radius 1 is 1.27 bits per heavy atom. The lowest BCUT2D eigenvalue weighted by Gasteiger charge is -2.37. The summed E-state index contributed by atoms with van der Waals surface area (Å²) in [6.45, 7) is 13.0. The fourth-order valence-corrected chi connectivity index (χ4v) is 1.82. The van der Waals surface area contributed by atoms with Gasteiger partial charge in [-0.25, -0.2) is 0 Å². The third-order valence-corrected chi connectivity index (χ3v) is 7.87. The van der Waals surface area contributed by atoms with Crippen molar-refractivity contribution >= 4 is 8.32 Å². The third kappa shape index (κ3) is 4.63. The second kappa shape index (κ2) is 5.43. The molecule has 92 valence electrons. The summed E-state index contributed by atoms with van der Waals surface area (Å²) in [6.07, 6.45) is -0.566. The van der Waals surface area contributed by atoms with Crippen LogP contribution in [0, 0.1) is 5.92 Å². The number of rotatable bonds is 5. The van der Waals surface area contributed by atoms with Gasteiger partial charge in [-0.15, -0.1) is 0 Å². The quantitative estimate of drug-likeness (QED) is 0.715. The van der Waals surface area contributed by atoms with E-state index in [4.69, 9.17) is 9.53 Å². The Morgan fingerprint density at radius 3 is 2.07 bits per heavy atom. The van der Waals surface area contributed by atoms with Gasteiger partial charge in [-0.05, 0) is 18.1 Å². The summed E-state index contributed by atoms with van der Waals surface area (Å²) in [5.74, 6) is -0.116. The van der Waals surface area contributed by atoms with Gasteiger partial charge in [0.1, 0.15) is 0 Å². The Labute approximate surface area is 94.6 Å². The van der Waals surface area contributed by atoms with Crippen molar-refractivity contribution in [3.8, 4) is 0 Å². The van der Waals surface area contributed by atoms with Gasteiger partial charge in [0, 0.05) is 12.5 Å². The van der Waals surface area contributed by atoms with Crippen LogP contribution in [0.5, 0.6) is 0 Å². The van der Waals surface area contributed by atoms with E-state index in [1.54, 1.807) is 0 Å². The molecule has 0 fully saturated rings. The number of aliphatic hydroxyl groups is 2. The van der Waals surface area contributed by atoms with Crippen molar-refractivity contribution in [1.29, 1.82) is 0 Å². The zero-order chi connectivity index (χ0) is 12.3. The van der Waals surface area contributed by atoms with Gasteiger partial charge >= 0.3 is 0 Å². The molecular formula is C11H26O3Si. The summed E-state index contributed by atoms with van der Waals surface area (Å²) < 4.78 is 5.86. The summed E-state index contributed by atoms with van der Waals surface area (Å²) in [4.78, 5) is 0. The molecule has 0 aliphatic rings. The molecule has 0 radical (unpaired) electrons. The average Bonchev–Trinajstić information content (AvgIpc) is 2.11. The molecule has 0 aromatic heterocycles. The zero-order valence-electron chi connectivity index (χ0n) is 10.9. The largest absolute Gasteiger partial charge is 0.414 e. The standard InChI is InChI=1S/C11H26O3Si/c1-9(7-12)10(13)8-14-15(5,6)11(2,3)4/h9-10,12-13H,7-8H2,1-6H3/t9-,10-/m1/s1. The molecular weight excluding hydrogens is 208 g/mol. The van der Waals surface area contributed by atoms with Crippen LogP contribution in [0.3, 0.4) is 0 Å². The Kier molecular flexibility index (Phi) is 5.47. The normalized spacial score (nSPS) is 17.6. The minimum atomic E-state index is -1.77. The van der Waals surface area contributed by atoms with Gasteiger partial charge < -0.3 is 14.6 Å². The Hall–Kier alpha value is 0.0969. The van der Waals surface area contributed by atoms with E-state index >= 15 is 0 Å². The van der Waals surface area contributed by atoms with Crippen LogP contribution in [0.4, 0.5) is 0 Å². The first-order valence-electron chi connectivity index (χ1n) is 5.54. The summed E-state index contributed by atoms with van der Waals surface area (Å²) in [7, 11) is -1.77. The first kappa shape index (κ1) is 15.1. The highest BCUT2D eigenvalue weighted by Crippen LogP contribution is 2.36. The maximum Gasteiger partial charge on any atom is 0.192 e. The summed E-state index contributed by atoms with van der Waals surface area (Å²) >= 11 is 0. The van der Waals surface area contributed by atoms with Crippen molar-refractivity contribution in [2.45, 2.75) is 51.9 Å². The van der Waals surface area contributed by atoms with E-state index in [2.05, 4.69) is 33.9 Å². The second-order valence-electron chi connectivity index (χ2n) is 5.80. The molecule has 3 nitrogen and oxygen atoms in total. The smallest absolute Gasteiger partial charge is 0.192 e. The molecule has 15 heavy (non-hydrogen) atoms. The molecule has 4 heteroatoms. The van der Waals surface area contributed by atoms with Crippen LogP contribution in [-0.4, -0.2) is 37.8 Å². The van der Waals surface area contributed by atoms with Gasteiger partial charge in [0.25, 0.3) is 0 Å².